The van der Waals surface area contributed by atoms with Gasteiger partial charge in [0.1, 0.15) is 27.5 Å². The molecule has 2 N–H and O–H groups in total. The van der Waals surface area contributed by atoms with Crippen LogP contribution in [0.5, 0.6) is 0 Å². The fourth-order valence-corrected chi connectivity index (χ4v) is 6.85. The summed E-state index contributed by atoms with van der Waals surface area (Å²) < 4.78 is 0. The van der Waals surface area contributed by atoms with Gasteiger partial charge in [0.2, 0.25) is 0 Å². The van der Waals surface area contributed by atoms with Crippen molar-refractivity contribution >= 4 is 43.7 Å². The predicted octanol–water partition coefficient (Wildman–Crippen LogP) is 4.62. The maximum absolute atomic E-state index is 9.47. The Morgan fingerprint density at radius 1 is 1.16 bits per heavy atom. The largest absolute Gasteiger partial charge is 0.389 e. The number of hydrogen-bond acceptors (Lipinski definition) is 8. The standard InChI is InChI=1S/C23H28N6S2/c1-13-4-7-28(8-5-13)12-19-26-22(20-14(2)15(3)30-23(20)27-19)29-9-6-16-17(10-24)21(25)31-18(16)11-29/h13H,4-9,11-12,25H2,1-3H3. The van der Waals surface area contributed by atoms with Crippen LogP contribution < -0.4 is 10.6 Å². The molecule has 0 amide bonds. The average Bonchev–Trinajstić information content (AvgIpc) is 3.23. The van der Waals surface area contributed by atoms with Crippen molar-refractivity contribution in [3.8, 4) is 6.07 Å². The number of thiophene rings is 2. The normalized spacial score (nSPS) is 17.8. The van der Waals surface area contributed by atoms with Crippen molar-refractivity contribution in [3.63, 3.8) is 0 Å². The van der Waals surface area contributed by atoms with Crippen molar-refractivity contribution in [3.05, 3.63) is 32.3 Å². The zero-order valence-corrected chi connectivity index (χ0v) is 20.0. The van der Waals surface area contributed by atoms with Gasteiger partial charge in [-0.3, -0.25) is 4.90 Å². The molecule has 3 aromatic heterocycles. The Labute approximate surface area is 191 Å². The third-order valence-electron chi connectivity index (χ3n) is 6.79. The van der Waals surface area contributed by atoms with Crippen LogP contribution in [0.2, 0.25) is 0 Å². The minimum absolute atomic E-state index is 0.643. The van der Waals surface area contributed by atoms with Gasteiger partial charge in [-0.05, 0) is 63.2 Å². The van der Waals surface area contributed by atoms with Gasteiger partial charge in [-0.15, -0.1) is 22.7 Å². The first-order valence-corrected chi connectivity index (χ1v) is 12.6. The van der Waals surface area contributed by atoms with E-state index < -0.39 is 0 Å². The van der Waals surface area contributed by atoms with Crippen molar-refractivity contribution in [2.75, 3.05) is 30.3 Å². The van der Waals surface area contributed by atoms with Gasteiger partial charge in [0.25, 0.3) is 0 Å². The van der Waals surface area contributed by atoms with E-state index in [2.05, 4.69) is 36.6 Å². The first-order chi connectivity index (χ1) is 14.9. The predicted molar refractivity (Wildman–Crippen MR) is 129 cm³/mol. The molecule has 0 aromatic carbocycles. The number of aromatic nitrogens is 2. The lowest BCUT2D eigenvalue weighted by atomic mass is 9.99. The van der Waals surface area contributed by atoms with Gasteiger partial charge in [-0.2, -0.15) is 5.26 Å². The number of hydrogen-bond donors (Lipinski definition) is 1. The third kappa shape index (κ3) is 3.69. The van der Waals surface area contributed by atoms with Crippen molar-refractivity contribution < 1.29 is 0 Å². The van der Waals surface area contributed by atoms with Crippen LogP contribution in [0.1, 0.15) is 52.0 Å². The molecule has 162 valence electrons. The van der Waals surface area contributed by atoms with Crippen LogP contribution in [0, 0.1) is 31.1 Å². The molecule has 2 aliphatic heterocycles. The second kappa shape index (κ2) is 8.05. The minimum atomic E-state index is 0.643. The highest BCUT2D eigenvalue weighted by molar-refractivity contribution is 7.18. The van der Waals surface area contributed by atoms with Gasteiger partial charge in [0, 0.05) is 16.3 Å². The van der Waals surface area contributed by atoms with Gasteiger partial charge in [0.05, 0.1) is 24.0 Å². The van der Waals surface area contributed by atoms with E-state index in [1.165, 1.54) is 33.5 Å². The number of nitrogens with zero attached hydrogens (tertiary/aromatic N) is 5. The summed E-state index contributed by atoms with van der Waals surface area (Å²) in [6.07, 6.45) is 3.34. The fourth-order valence-electron chi connectivity index (χ4n) is 4.72. The molecule has 1 saturated heterocycles. The lowest BCUT2D eigenvalue weighted by molar-refractivity contribution is 0.181. The number of nitriles is 1. The second-order valence-corrected chi connectivity index (χ2v) is 11.3. The highest BCUT2D eigenvalue weighted by Crippen LogP contribution is 2.40. The Morgan fingerprint density at radius 3 is 2.68 bits per heavy atom. The molecular formula is C23H28N6S2. The molecule has 5 rings (SSSR count). The Kier molecular flexibility index (Phi) is 5.37. The van der Waals surface area contributed by atoms with E-state index in [1.54, 1.807) is 22.7 Å². The van der Waals surface area contributed by atoms with Gasteiger partial charge < -0.3 is 10.6 Å². The van der Waals surface area contributed by atoms with E-state index in [9.17, 15) is 5.26 Å². The molecule has 0 aliphatic carbocycles. The number of aryl methyl sites for hydroxylation is 2. The maximum Gasteiger partial charge on any atom is 0.146 e. The lowest BCUT2D eigenvalue weighted by Crippen LogP contribution is -2.34. The Morgan fingerprint density at radius 2 is 1.94 bits per heavy atom. The van der Waals surface area contributed by atoms with E-state index in [1.807, 2.05) is 0 Å². The van der Waals surface area contributed by atoms with Gasteiger partial charge in [-0.1, -0.05) is 6.92 Å². The van der Waals surface area contributed by atoms with Crippen LogP contribution in [0.25, 0.3) is 10.2 Å². The van der Waals surface area contributed by atoms with Gasteiger partial charge >= 0.3 is 0 Å². The smallest absolute Gasteiger partial charge is 0.146 e. The molecule has 3 aromatic rings. The highest BCUT2D eigenvalue weighted by atomic mass is 32.1. The number of fused-ring (bicyclic) bond motifs is 2. The van der Waals surface area contributed by atoms with Gasteiger partial charge in [0.15, 0.2) is 0 Å². The second-order valence-electron chi connectivity index (χ2n) is 8.91. The molecule has 6 nitrogen and oxygen atoms in total. The molecule has 0 radical (unpaired) electrons. The molecule has 1 fully saturated rings. The molecule has 0 spiro atoms. The fraction of sp³-hybridized carbons (Fsp3) is 0.522. The van der Waals surface area contributed by atoms with E-state index in [0.717, 1.165) is 67.1 Å². The summed E-state index contributed by atoms with van der Waals surface area (Å²) in [5, 5.41) is 11.3. The molecule has 0 saturated carbocycles. The van der Waals surface area contributed by atoms with Crippen molar-refractivity contribution in [1.82, 2.24) is 14.9 Å². The van der Waals surface area contributed by atoms with E-state index in [-0.39, 0.29) is 0 Å². The molecule has 2 aliphatic rings. The summed E-state index contributed by atoms with van der Waals surface area (Å²) in [6, 6.07) is 2.30. The molecule has 0 atom stereocenters. The number of likely N-dealkylation sites (tertiary alicyclic amines) is 1. The maximum atomic E-state index is 9.47. The van der Waals surface area contributed by atoms with Crippen molar-refractivity contribution in [2.24, 2.45) is 5.92 Å². The zero-order valence-electron chi connectivity index (χ0n) is 18.4. The Hall–Kier alpha value is -2.21. The molecule has 0 unspecified atom stereocenters. The summed E-state index contributed by atoms with van der Waals surface area (Å²) in [5.74, 6) is 2.78. The highest BCUT2D eigenvalue weighted by Gasteiger charge is 2.27. The van der Waals surface area contributed by atoms with Crippen LogP contribution in [0.3, 0.4) is 0 Å². The summed E-state index contributed by atoms with van der Waals surface area (Å²) in [6.45, 7) is 11.4. The average molecular weight is 453 g/mol. The summed E-state index contributed by atoms with van der Waals surface area (Å²) in [7, 11) is 0. The molecule has 31 heavy (non-hydrogen) atoms. The number of nitrogens with two attached hydrogens (primary N) is 1. The van der Waals surface area contributed by atoms with Crippen LogP contribution >= 0.6 is 22.7 Å². The number of nitrogen functional groups attached to an aromatic ring is 1. The van der Waals surface area contributed by atoms with E-state index >= 15 is 0 Å². The number of anilines is 2. The SMILES string of the molecule is Cc1sc2nc(CN3CCC(C)CC3)nc(N3CCc4c(sc(N)c4C#N)C3)c2c1C. The van der Waals surface area contributed by atoms with E-state index in [0.29, 0.717) is 10.6 Å². The Bertz CT molecular complexity index is 1180. The monoisotopic (exact) mass is 452 g/mol. The zero-order chi connectivity index (χ0) is 21.7. The van der Waals surface area contributed by atoms with Crippen LogP contribution in [0.4, 0.5) is 10.8 Å². The van der Waals surface area contributed by atoms with Gasteiger partial charge in [-0.25, -0.2) is 9.97 Å². The first kappa shape index (κ1) is 20.7. The molecule has 0 bridgehead atoms. The summed E-state index contributed by atoms with van der Waals surface area (Å²) in [4.78, 5) is 18.6. The molecule has 8 heteroatoms. The number of piperidine rings is 1. The lowest BCUT2D eigenvalue weighted by Gasteiger charge is -2.31. The third-order valence-corrected chi connectivity index (χ3v) is 8.94. The summed E-state index contributed by atoms with van der Waals surface area (Å²) in [5.41, 5.74) is 9.21. The Balaban J connectivity index is 1.51. The first-order valence-electron chi connectivity index (χ1n) is 11.0. The molecule has 5 heterocycles. The molecular weight excluding hydrogens is 424 g/mol. The van der Waals surface area contributed by atoms with Crippen molar-refractivity contribution in [1.29, 1.82) is 5.26 Å². The van der Waals surface area contributed by atoms with Crippen LogP contribution in [-0.4, -0.2) is 34.5 Å². The van der Waals surface area contributed by atoms with Crippen molar-refractivity contribution in [2.45, 2.75) is 53.1 Å². The quantitative estimate of drug-likeness (QED) is 0.624. The number of rotatable bonds is 3. The van der Waals surface area contributed by atoms with Crippen LogP contribution in [-0.2, 0) is 19.5 Å². The van der Waals surface area contributed by atoms with E-state index in [4.69, 9.17) is 15.7 Å². The summed E-state index contributed by atoms with van der Waals surface area (Å²) >= 11 is 3.32. The minimum Gasteiger partial charge on any atom is -0.389 e. The van der Waals surface area contributed by atoms with Crippen LogP contribution in [0.15, 0.2) is 0 Å². The topological polar surface area (TPSA) is 82.1 Å².